The molecule has 0 saturated heterocycles. The molecule has 0 saturated carbocycles. The van der Waals surface area contributed by atoms with Gasteiger partial charge in [0.25, 0.3) is 11.2 Å². The quantitative estimate of drug-likeness (QED) is 0.341. The summed E-state index contributed by atoms with van der Waals surface area (Å²) >= 11 is 1.18. The fraction of sp³-hybridized carbons (Fsp3) is 0.227. The smallest absolute Gasteiger partial charge is 0.317 e. The summed E-state index contributed by atoms with van der Waals surface area (Å²) in [7, 11) is 1.30. The van der Waals surface area contributed by atoms with Gasteiger partial charge in [0.1, 0.15) is 11.7 Å². The number of esters is 1. The summed E-state index contributed by atoms with van der Waals surface area (Å²) in [5.41, 5.74) is -0.213. The lowest BCUT2D eigenvalue weighted by molar-refractivity contribution is -0.384. The van der Waals surface area contributed by atoms with Crippen molar-refractivity contribution in [2.24, 2.45) is 10.9 Å². The molecule has 1 aromatic heterocycles. The lowest BCUT2D eigenvalue weighted by Gasteiger charge is -2.44. The zero-order valence-electron chi connectivity index (χ0n) is 17.1. The van der Waals surface area contributed by atoms with E-state index in [2.05, 4.69) is 4.99 Å². The first-order valence-corrected chi connectivity index (χ1v) is 10.6. The van der Waals surface area contributed by atoms with Gasteiger partial charge >= 0.3 is 5.97 Å². The molecule has 2 aliphatic heterocycles. The van der Waals surface area contributed by atoms with Crippen LogP contribution >= 0.6 is 11.3 Å². The molecule has 2 aliphatic rings. The molecule has 2 aromatic carbocycles. The third kappa shape index (κ3) is 2.94. The molecular formula is C22H17N3O6S. The molecule has 2 bridgehead atoms. The Kier molecular flexibility index (Phi) is 4.48. The van der Waals surface area contributed by atoms with Crippen LogP contribution in [-0.2, 0) is 9.53 Å². The first-order valence-electron chi connectivity index (χ1n) is 9.75. The van der Waals surface area contributed by atoms with E-state index in [0.29, 0.717) is 26.2 Å². The third-order valence-corrected chi connectivity index (χ3v) is 6.72. The number of rotatable bonds is 3. The molecule has 32 heavy (non-hydrogen) atoms. The van der Waals surface area contributed by atoms with E-state index < -0.39 is 28.6 Å². The van der Waals surface area contributed by atoms with Crippen molar-refractivity contribution in [1.29, 1.82) is 0 Å². The number of nitro benzene ring substituents is 1. The Morgan fingerprint density at radius 2 is 2.00 bits per heavy atom. The van der Waals surface area contributed by atoms with Crippen LogP contribution in [-0.4, -0.2) is 28.3 Å². The van der Waals surface area contributed by atoms with Gasteiger partial charge in [-0.3, -0.25) is 24.3 Å². The highest BCUT2D eigenvalue weighted by Crippen LogP contribution is 2.47. The number of nitro groups is 1. The molecule has 3 heterocycles. The number of carbonyl (C=O) groups is 1. The van der Waals surface area contributed by atoms with Crippen molar-refractivity contribution < 1.29 is 19.2 Å². The van der Waals surface area contributed by atoms with Gasteiger partial charge in [-0.2, -0.15) is 0 Å². The number of thiazole rings is 1. The van der Waals surface area contributed by atoms with E-state index in [4.69, 9.17) is 9.47 Å². The second-order valence-electron chi connectivity index (χ2n) is 7.67. The number of hydrogen-bond donors (Lipinski definition) is 0. The number of hydrogen-bond acceptors (Lipinski definition) is 8. The molecule has 9 nitrogen and oxygen atoms in total. The second kappa shape index (κ2) is 7.13. The highest BCUT2D eigenvalue weighted by molar-refractivity contribution is 7.07. The molecule has 3 aromatic rings. The van der Waals surface area contributed by atoms with E-state index in [9.17, 15) is 19.7 Å². The topological polar surface area (TPSA) is 113 Å². The Bertz CT molecular complexity index is 1440. The largest absolute Gasteiger partial charge is 0.469 e. The van der Waals surface area contributed by atoms with Gasteiger partial charge < -0.3 is 9.47 Å². The number of carbonyl (C=O) groups excluding carboxylic acids is 1. The number of non-ortho nitro benzene ring substituents is 1. The van der Waals surface area contributed by atoms with Crippen LogP contribution in [0.15, 0.2) is 58.3 Å². The molecule has 0 spiro atoms. The minimum atomic E-state index is -1.23. The number of para-hydroxylation sites is 1. The van der Waals surface area contributed by atoms with Gasteiger partial charge in [-0.1, -0.05) is 29.5 Å². The molecule has 3 unspecified atom stereocenters. The second-order valence-corrected chi connectivity index (χ2v) is 8.68. The fourth-order valence-electron chi connectivity index (χ4n) is 4.27. The normalized spacial score (nSPS) is 23.4. The standard InChI is InChI=1S/C22H17N3O6S/c1-22-17(20(27)30-2)18(14-5-3-4-6-15(14)31-22)24-19(26)16(32-21(24)23-22)11-12-7-9-13(10-8-12)25(28)29/h3-11,17-18H,1-2H3. The van der Waals surface area contributed by atoms with Crippen LogP contribution in [0.3, 0.4) is 0 Å². The molecule has 5 rings (SSSR count). The Hall–Kier alpha value is -3.79. The number of fused-ring (bicyclic) bond motifs is 6. The van der Waals surface area contributed by atoms with Crippen LogP contribution in [0.2, 0.25) is 0 Å². The molecule has 10 heteroatoms. The molecular weight excluding hydrogens is 434 g/mol. The van der Waals surface area contributed by atoms with E-state index in [1.165, 1.54) is 35.1 Å². The van der Waals surface area contributed by atoms with Crippen LogP contribution in [0.1, 0.15) is 24.1 Å². The van der Waals surface area contributed by atoms with Crippen LogP contribution < -0.4 is 19.6 Å². The number of ether oxygens (including phenoxy) is 2. The summed E-state index contributed by atoms with van der Waals surface area (Å²) in [5.74, 6) is -0.789. The highest BCUT2D eigenvalue weighted by atomic mass is 32.1. The maximum Gasteiger partial charge on any atom is 0.317 e. The van der Waals surface area contributed by atoms with E-state index >= 15 is 0 Å². The predicted octanol–water partition coefficient (Wildman–Crippen LogP) is 1.77. The molecule has 3 atom stereocenters. The van der Waals surface area contributed by atoms with Gasteiger partial charge in [0.15, 0.2) is 4.80 Å². The third-order valence-electron chi connectivity index (χ3n) is 5.74. The summed E-state index contributed by atoms with van der Waals surface area (Å²) in [4.78, 5) is 41.7. The summed E-state index contributed by atoms with van der Waals surface area (Å²) in [6.07, 6.45) is 1.66. The molecule has 0 radical (unpaired) electrons. The van der Waals surface area contributed by atoms with E-state index in [1.807, 2.05) is 18.2 Å². The Balaban J connectivity index is 1.73. The van der Waals surface area contributed by atoms with Crippen molar-refractivity contribution in [3.63, 3.8) is 0 Å². The highest BCUT2D eigenvalue weighted by Gasteiger charge is 2.55. The van der Waals surface area contributed by atoms with Crippen LogP contribution in [0.25, 0.3) is 6.08 Å². The van der Waals surface area contributed by atoms with Crippen LogP contribution in [0.4, 0.5) is 5.69 Å². The van der Waals surface area contributed by atoms with Crippen LogP contribution in [0.5, 0.6) is 5.75 Å². The summed E-state index contributed by atoms with van der Waals surface area (Å²) < 4.78 is 13.1. The number of benzene rings is 2. The number of methoxy groups -OCH3 is 1. The minimum absolute atomic E-state index is 0.0317. The molecule has 0 aliphatic carbocycles. The van der Waals surface area contributed by atoms with Gasteiger partial charge in [0, 0.05) is 17.7 Å². The number of aromatic nitrogens is 1. The van der Waals surface area contributed by atoms with Crippen molar-refractivity contribution in [1.82, 2.24) is 4.57 Å². The predicted molar refractivity (Wildman–Crippen MR) is 115 cm³/mol. The van der Waals surface area contributed by atoms with E-state index in [1.54, 1.807) is 31.2 Å². The fourth-order valence-corrected chi connectivity index (χ4v) is 5.37. The molecule has 162 valence electrons. The van der Waals surface area contributed by atoms with Gasteiger partial charge in [0.2, 0.25) is 5.72 Å². The van der Waals surface area contributed by atoms with Gasteiger partial charge in [-0.05, 0) is 36.8 Å². The maximum absolute atomic E-state index is 13.4. The average Bonchev–Trinajstić information content (AvgIpc) is 3.06. The van der Waals surface area contributed by atoms with E-state index in [-0.39, 0.29) is 11.2 Å². The van der Waals surface area contributed by atoms with Crippen molar-refractivity contribution in [3.8, 4) is 5.75 Å². The lowest BCUT2D eigenvalue weighted by Crippen LogP contribution is -2.58. The minimum Gasteiger partial charge on any atom is -0.469 e. The molecule has 0 N–H and O–H groups in total. The number of nitrogens with zero attached hydrogens (tertiary/aromatic N) is 3. The molecule has 0 fully saturated rings. The van der Waals surface area contributed by atoms with Crippen molar-refractivity contribution in [2.45, 2.75) is 18.7 Å². The summed E-state index contributed by atoms with van der Waals surface area (Å²) in [5, 5.41) is 10.9. The Morgan fingerprint density at radius 3 is 2.69 bits per heavy atom. The zero-order valence-corrected chi connectivity index (χ0v) is 17.9. The first kappa shape index (κ1) is 20.1. The lowest BCUT2D eigenvalue weighted by atomic mass is 9.81. The van der Waals surface area contributed by atoms with Crippen molar-refractivity contribution in [2.75, 3.05) is 7.11 Å². The molecule has 0 amide bonds. The summed E-state index contributed by atoms with van der Waals surface area (Å²) in [6, 6.07) is 12.5. The van der Waals surface area contributed by atoms with Crippen LogP contribution in [0, 0.1) is 16.0 Å². The van der Waals surface area contributed by atoms with Gasteiger partial charge in [-0.15, -0.1) is 0 Å². The first-order chi connectivity index (χ1) is 15.3. The van der Waals surface area contributed by atoms with Crippen molar-refractivity contribution in [3.05, 3.63) is 89.5 Å². The van der Waals surface area contributed by atoms with E-state index in [0.717, 1.165) is 0 Å². The van der Waals surface area contributed by atoms with Crippen molar-refractivity contribution >= 4 is 29.1 Å². The monoisotopic (exact) mass is 451 g/mol. The maximum atomic E-state index is 13.4. The Morgan fingerprint density at radius 1 is 1.28 bits per heavy atom. The zero-order chi connectivity index (χ0) is 22.6. The SMILES string of the molecule is COC(=O)C1C2c3ccccc3OC1(C)N=c1sc(=Cc3ccc([N+](=O)[O-])cc3)c(=O)n12. The van der Waals surface area contributed by atoms with Gasteiger partial charge in [-0.25, -0.2) is 4.99 Å². The Labute approximate surface area is 185 Å². The average molecular weight is 451 g/mol. The van der Waals surface area contributed by atoms with Gasteiger partial charge in [0.05, 0.1) is 22.6 Å². The summed E-state index contributed by atoms with van der Waals surface area (Å²) in [6.45, 7) is 1.71.